The van der Waals surface area contributed by atoms with Gasteiger partial charge in [0.05, 0.1) is 0 Å². The largest absolute Gasteiger partial charge is 0.466 e. The third-order valence-electron chi connectivity index (χ3n) is 0. The smallest absolute Gasteiger partial charge is 0.303 e. The van der Waals surface area contributed by atoms with Gasteiger partial charge in [-0.05, 0) is 0 Å². The maximum atomic E-state index is 8.88. The van der Waals surface area contributed by atoms with Crippen molar-refractivity contribution in [3.63, 3.8) is 0 Å². The van der Waals surface area contributed by atoms with E-state index in [4.69, 9.17) is 24.5 Å². The van der Waals surface area contributed by atoms with Gasteiger partial charge in [0.1, 0.15) is 0 Å². The van der Waals surface area contributed by atoms with Gasteiger partial charge in [0.2, 0.25) is 0 Å². The van der Waals surface area contributed by atoms with Crippen LogP contribution < -0.4 is 0 Å². The molecule has 0 heterocycles. The molecule has 0 fully saturated rings. The van der Waals surface area contributed by atoms with Crippen LogP contribution in [0, 0.1) is 53.6 Å². The first kappa shape index (κ1) is 16.0. The molecule has 0 saturated heterocycles. The third-order valence-corrected chi connectivity index (χ3v) is 0. The fraction of sp³-hybridized carbons (Fsp3) is 0. The molecule has 0 spiro atoms. The Morgan fingerprint density at radius 1 is 1.25 bits per heavy atom. The molecule has 0 unspecified atom stereocenters. The topological polar surface area (TPSA) is 102 Å². The van der Waals surface area contributed by atoms with E-state index in [1.54, 1.807) is 0 Å². The van der Waals surface area contributed by atoms with Crippen molar-refractivity contribution in [3.8, 4) is 6.57 Å². The van der Waals surface area contributed by atoms with Crippen LogP contribution >= 0.6 is 7.82 Å². The molecule has 3 N–H and O–H groups in total. The van der Waals surface area contributed by atoms with Crippen LogP contribution in [0.1, 0.15) is 0 Å². The summed E-state index contributed by atoms with van der Waals surface area (Å²) in [5, 5.41) is 6.50. The summed E-state index contributed by atoms with van der Waals surface area (Å²) in [5.74, 6) is 0. The van der Waals surface area contributed by atoms with E-state index < -0.39 is 7.82 Å². The van der Waals surface area contributed by atoms with Gasteiger partial charge >= 0.3 is 7.82 Å². The maximum absolute atomic E-state index is 8.88. The quantitative estimate of drug-likeness (QED) is 0.498. The van der Waals surface area contributed by atoms with Crippen molar-refractivity contribution in [2.45, 2.75) is 0 Å². The summed E-state index contributed by atoms with van der Waals surface area (Å²) in [6.07, 6.45) is 0. The Kier molecular flexibility index (Phi) is 15.9. The molecule has 0 aliphatic heterocycles. The molecule has 46 valence electrons. The molecular formula is CH4CeNO4P. The zero-order valence-corrected chi connectivity index (χ0v) is 7.76. The molecule has 0 aromatic carbocycles. The molecule has 0 rings (SSSR count). The zero-order chi connectivity index (χ0) is 6.50. The number of nitrogens with zero attached hydrogens (tertiary/aromatic N) is 1. The zero-order valence-electron chi connectivity index (χ0n) is 3.72. The number of hydrogen-bond acceptors (Lipinski definition) is 2. The van der Waals surface area contributed by atoms with Gasteiger partial charge in [-0.2, -0.15) is 0 Å². The molecule has 0 aliphatic carbocycles. The SMILES string of the molecule is C#N.O=P(O)(O)O.[Ce]. The average Bonchev–Trinajstić information content (AvgIpc) is 1.36. The third kappa shape index (κ3) is 261. The second-order valence-corrected chi connectivity index (χ2v) is 1.54. The normalized spacial score (nSPS) is 7.62. The van der Waals surface area contributed by atoms with Crippen LogP contribution in [0.5, 0.6) is 0 Å². The molecule has 0 atom stereocenters. The van der Waals surface area contributed by atoms with Crippen molar-refractivity contribution in [1.82, 2.24) is 0 Å². The van der Waals surface area contributed by atoms with Crippen LogP contribution in [-0.2, 0) is 4.57 Å². The molecule has 0 bridgehead atoms. The Labute approximate surface area is 80.0 Å². The van der Waals surface area contributed by atoms with Crippen LogP contribution in [0.15, 0.2) is 0 Å². The first-order chi connectivity index (χ1) is 3.00. The van der Waals surface area contributed by atoms with Crippen molar-refractivity contribution in [1.29, 1.82) is 5.26 Å². The summed E-state index contributed by atoms with van der Waals surface area (Å²) < 4.78 is 8.88. The van der Waals surface area contributed by atoms with Gasteiger partial charge in [0.25, 0.3) is 0 Å². The van der Waals surface area contributed by atoms with E-state index in [-0.39, 0.29) is 41.7 Å². The summed E-state index contributed by atoms with van der Waals surface area (Å²) in [4.78, 5) is 21.6. The second kappa shape index (κ2) is 7.98. The van der Waals surface area contributed by atoms with Gasteiger partial charge in [-0.1, -0.05) is 0 Å². The average molecular weight is 265 g/mol. The molecule has 0 radical (unpaired) electrons. The van der Waals surface area contributed by atoms with Crippen LogP contribution in [-0.4, -0.2) is 14.7 Å². The number of nitriles is 1. The monoisotopic (exact) mass is 265 g/mol. The number of hydrogen-bond donors (Lipinski definition) is 3. The van der Waals surface area contributed by atoms with E-state index in [2.05, 4.69) is 6.57 Å². The van der Waals surface area contributed by atoms with Gasteiger partial charge in [-0.25, -0.2) is 9.83 Å². The summed E-state index contributed by atoms with van der Waals surface area (Å²) in [6.45, 7) is 3.50. The molecule has 0 amide bonds. The van der Waals surface area contributed by atoms with Crippen molar-refractivity contribution in [2.75, 3.05) is 0 Å². The molecule has 0 aliphatic rings. The first-order valence-electron chi connectivity index (χ1n) is 1.04. The maximum Gasteiger partial charge on any atom is 0.466 e. The van der Waals surface area contributed by atoms with Crippen molar-refractivity contribution in [3.05, 3.63) is 0 Å². The number of phosphoric acid groups is 1. The Morgan fingerprint density at radius 3 is 1.25 bits per heavy atom. The van der Waals surface area contributed by atoms with Crippen molar-refractivity contribution in [2.24, 2.45) is 0 Å². The fourth-order valence-corrected chi connectivity index (χ4v) is 0. The summed E-state index contributed by atoms with van der Waals surface area (Å²) >= 11 is 0. The van der Waals surface area contributed by atoms with E-state index >= 15 is 0 Å². The van der Waals surface area contributed by atoms with Crippen LogP contribution in [0.2, 0.25) is 0 Å². The first-order valence-corrected chi connectivity index (χ1v) is 2.61. The minimum Gasteiger partial charge on any atom is -0.303 e. The van der Waals surface area contributed by atoms with Crippen LogP contribution in [0.3, 0.4) is 0 Å². The van der Waals surface area contributed by atoms with Crippen LogP contribution in [0.4, 0.5) is 0 Å². The molecule has 0 aromatic heterocycles. The molecular weight excluding hydrogens is 261 g/mol. The van der Waals surface area contributed by atoms with Crippen molar-refractivity contribution >= 4 is 7.82 Å². The van der Waals surface area contributed by atoms with Gasteiger partial charge in [-0.15, -0.1) is 0 Å². The summed E-state index contributed by atoms with van der Waals surface area (Å²) in [7, 11) is -4.64. The predicted molar refractivity (Wildman–Crippen MR) is 20.9 cm³/mol. The van der Waals surface area contributed by atoms with E-state index in [0.717, 1.165) is 0 Å². The Morgan fingerprint density at radius 2 is 1.25 bits per heavy atom. The molecule has 0 aromatic rings. The molecule has 7 heteroatoms. The van der Waals surface area contributed by atoms with E-state index in [0.29, 0.717) is 0 Å². The number of rotatable bonds is 0. The minimum atomic E-state index is -4.64. The van der Waals surface area contributed by atoms with Gasteiger partial charge in [-0.3, -0.25) is 0 Å². The van der Waals surface area contributed by atoms with E-state index in [1.807, 2.05) is 0 Å². The van der Waals surface area contributed by atoms with Gasteiger partial charge in [0.15, 0.2) is 0 Å². The molecule has 5 nitrogen and oxygen atoms in total. The fourth-order valence-electron chi connectivity index (χ4n) is 0. The Balaban J connectivity index is -0.0000000750. The van der Waals surface area contributed by atoms with E-state index in [9.17, 15) is 0 Å². The van der Waals surface area contributed by atoms with Crippen molar-refractivity contribution < 1.29 is 61.0 Å². The second-order valence-electron chi connectivity index (χ2n) is 0.513. The Hall–Kier alpha value is 0.977. The van der Waals surface area contributed by atoms with Gasteiger partial charge in [0, 0.05) is 48.3 Å². The van der Waals surface area contributed by atoms with Crippen LogP contribution in [0.25, 0.3) is 0 Å². The summed E-state index contributed by atoms with van der Waals surface area (Å²) in [6, 6.07) is 0. The Bertz CT molecular complexity index is 87.2. The minimum absolute atomic E-state index is 0. The standard InChI is InChI=1S/CHN.Ce.H3O4P/c1-2;;1-5(2,3)4/h1H;;(H3,1,2,3,4). The molecule has 8 heavy (non-hydrogen) atoms. The molecule has 0 saturated carbocycles. The predicted octanol–water partition coefficient (Wildman–Crippen LogP) is -0.789. The van der Waals surface area contributed by atoms with Gasteiger partial charge < -0.3 is 14.7 Å². The summed E-state index contributed by atoms with van der Waals surface area (Å²) in [5.41, 5.74) is 0. The van der Waals surface area contributed by atoms with E-state index in [1.165, 1.54) is 0 Å².